The Kier molecular flexibility index (Phi) is 3.66. The first-order chi connectivity index (χ1) is 8.58. The van der Waals surface area contributed by atoms with E-state index in [9.17, 15) is 0 Å². The number of aryl methyl sites for hydroxylation is 1. The van der Waals surface area contributed by atoms with Gasteiger partial charge in [0.05, 0.1) is 12.8 Å². The average Bonchev–Trinajstić information content (AvgIpc) is 2.30. The van der Waals surface area contributed by atoms with Crippen molar-refractivity contribution >= 4 is 33.4 Å². The van der Waals surface area contributed by atoms with Gasteiger partial charge in [-0.3, -0.25) is 0 Å². The first-order valence-electron chi connectivity index (χ1n) is 5.30. The van der Waals surface area contributed by atoms with Gasteiger partial charge in [0.25, 0.3) is 0 Å². The quantitative estimate of drug-likeness (QED) is 0.912. The Morgan fingerprint density at radius 3 is 2.72 bits per heavy atom. The van der Waals surface area contributed by atoms with Gasteiger partial charge in [0.1, 0.15) is 11.6 Å². The molecule has 0 radical (unpaired) electrons. The molecule has 0 fully saturated rings. The van der Waals surface area contributed by atoms with Crippen molar-refractivity contribution < 1.29 is 4.74 Å². The second-order valence-electron chi connectivity index (χ2n) is 3.72. The molecule has 0 saturated carbocycles. The summed E-state index contributed by atoms with van der Waals surface area (Å²) >= 11 is 3.46. The van der Waals surface area contributed by atoms with Gasteiger partial charge in [-0.15, -0.1) is 0 Å². The Morgan fingerprint density at radius 2 is 2.06 bits per heavy atom. The lowest BCUT2D eigenvalue weighted by Crippen LogP contribution is -2.01. The van der Waals surface area contributed by atoms with Gasteiger partial charge >= 0.3 is 0 Å². The fraction of sp³-hybridized carbons (Fsp3) is 0.167. The Labute approximate surface area is 114 Å². The molecular weight excluding hydrogens is 296 g/mol. The van der Waals surface area contributed by atoms with E-state index in [2.05, 4.69) is 31.2 Å². The Bertz CT molecular complexity index is 554. The van der Waals surface area contributed by atoms with Crippen molar-refractivity contribution in [1.29, 1.82) is 0 Å². The third kappa shape index (κ3) is 2.89. The second kappa shape index (κ2) is 5.22. The van der Waals surface area contributed by atoms with E-state index >= 15 is 0 Å². The van der Waals surface area contributed by atoms with Gasteiger partial charge in [-0.1, -0.05) is 0 Å². The smallest absolute Gasteiger partial charge is 0.222 e. The van der Waals surface area contributed by atoms with Crippen molar-refractivity contribution in [1.82, 2.24) is 9.97 Å². The van der Waals surface area contributed by atoms with Gasteiger partial charge in [0, 0.05) is 22.3 Å². The molecule has 0 atom stereocenters. The number of nitrogens with zero attached hydrogens (tertiary/aromatic N) is 2. The molecule has 6 heteroatoms. The molecule has 3 N–H and O–H groups in total. The molecule has 94 valence electrons. The first-order valence-corrected chi connectivity index (χ1v) is 6.09. The van der Waals surface area contributed by atoms with Crippen molar-refractivity contribution in [3.8, 4) is 5.75 Å². The zero-order valence-electron chi connectivity index (χ0n) is 10.1. The van der Waals surface area contributed by atoms with Crippen LogP contribution in [0.2, 0.25) is 0 Å². The van der Waals surface area contributed by atoms with Crippen LogP contribution < -0.4 is 15.8 Å². The monoisotopic (exact) mass is 308 g/mol. The van der Waals surface area contributed by atoms with Gasteiger partial charge in [-0.25, -0.2) is 4.98 Å². The Hall–Kier alpha value is -1.82. The molecule has 0 aliphatic rings. The summed E-state index contributed by atoms with van der Waals surface area (Å²) in [6.07, 6.45) is 0. The van der Waals surface area contributed by atoms with E-state index in [0.717, 1.165) is 21.6 Å². The fourth-order valence-electron chi connectivity index (χ4n) is 1.52. The highest BCUT2D eigenvalue weighted by molar-refractivity contribution is 9.10. The van der Waals surface area contributed by atoms with Gasteiger partial charge in [-0.2, -0.15) is 4.98 Å². The van der Waals surface area contributed by atoms with E-state index in [1.165, 1.54) is 0 Å². The molecule has 2 rings (SSSR count). The lowest BCUT2D eigenvalue weighted by molar-refractivity contribution is 0.415. The van der Waals surface area contributed by atoms with Crippen LogP contribution in [0.1, 0.15) is 5.69 Å². The summed E-state index contributed by atoms with van der Waals surface area (Å²) in [5, 5.41) is 3.17. The highest BCUT2D eigenvalue weighted by Crippen LogP contribution is 2.29. The normalized spacial score (nSPS) is 10.2. The molecule has 2 aromatic rings. The number of halogens is 1. The van der Waals surface area contributed by atoms with E-state index in [1.807, 2.05) is 31.2 Å². The number of hydrogen-bond acceptors (Lipinski definition) is 5. The van der Waals surface area contributed by atoms with Crippen LogP contribution in [0.5, 0.6) is 5.75 Å². The van der Waals surface area contributed by atoms with E-state index in [1.54, 1.807) is 7.11 Å². The Balaban J connectivity index is 2.33. The third-order valence-corrected chi connectivity index (χ3v) is 3.00. The van der Waals surface area contributed by atoms with Crippen molar-refractivity contribution in [2.24, 2.45) is 0 Å². The van der Waals surface area contributed by atoms with Gasteiger partial charge in [0.2, 0.25) is 5.95 Å². The molecule has 0 aliphatic carbocycles. The number of benzene rings is 1. The summed E-state index contributed by atoms with van der Waals surface area (Å²) < 4.78 is 6.09. The predicted molar refractivity (Wildman–Crippen MR) is 75.2 cm³/mol. The standard InChI is InChI=1S/C12H13BrN4O/c1-7-5-11(17-12(14)15-7)16-10-6-8(18-2)3-4-9(10)13/h3-6H,1-2H3,(H3,14,15,16,17). The molecule has 0 unspecified atom stereocenters. The predicted octanol–water partition coefficient (Wildman–Crippen LogP) is 2.88. The van der Waals surface area contributed by atoms with Gasteiger partial charge in [0.15, 0.2) is 0 Å². The molecule has 1 aromatic heterocycles. The summed E-state index contributed by atoms with van der Waals surface area (Å²) in [6.45, 7) is 1.86. The summed E-state index contributed by atoms with van der Waals surface area (Å²) in [6, 6.07) is 7.47. The zero-order valence-corrected chi connectivity index (χ0v) is 11.7. The highest BCUT2D eigenvalue weighted by atomic mass is 79.9. The molecule has 1 heterocycles. The summed E-state index contributed by atoms with van der Waals surface area (Å²) in [4.78, 5) is 8.14. The van der Waals surface area contributed by atoms with Crippen molar-refractivity contribution in [3.05, 3.63) is 34.4 Å². The second-order valence-corrected chi connectivity index (χ2v) is 4.58. The number of nitrogen functional groups attached to an aromatic ring is 1. The zero-order chi connectivity index (χ0) is 13.1. The van der Waals surface area contributed by atoms with Crippen LogP contribution in [-0.2, 0) is 0 Å². The van der Waals surface area contributed by atoms with E-state index in [0.29, 0.717) is 5.82 Å². The average molecular weight is 309 g/mol. The van der Waals surface area contributed by atoms with Gasteiger partial charge in [-0.05, 0) is 35.0 Å². The lowest BCUT2D eigenvalue weighted by Gasteiger charge is -2.10. The fourth-order valence-corrected chi connectivity index (χ4v) is 1.87. The molecule has 18 heavy (non-hydrogen) atoms. The molecule has 0 bridgehead atoms. The van der Waals surface area contributed by atoms with Crippen molar-refractivity contribution in [2.75, 3.05) is 18.2 Å². The largest absolute Gasteiger partial charge is 0.497 e. The number of nitrogens with two attached hydrogens (primary N) is 1. The molecule has 1 aromatic carbocycles. The van der Waals surface area contributed by atoms with Crippen LogP contribution in [0, 0.1) is 6.92 Å². The van der Waals surface area contributed by atoms with Crippen molar-refractivity contribution in [2.45, 2.75) is 6.92 Å². The highest BCUT2D eigenvalue weighted by Gasteiger charge is 2.05. The summed E-state index contributed by atoms with van der Waals surface area (Å²) in [7, 11) is 1.62. The topological polar surface area (TPSA) is 73.1 Å². The number of anilines is 3. The van der Waals surface area contributed by atoms with Crippen LogP contribution >= 0.6 is 15.9 Å². The van der Waals surface area contributed by atoms with E-state index in [-0.39, 0.29) is 5.95 Å². The summed E-state index contributed by atoms with van der Waals surface area (Å²) in [5.41, 5.74) is 7.27. The number of nitrogens with one attached hydrogen (secondary N) is 1. The Morgan fingerprint density at radius 1 is 1.28 bits per heavy atom. The minimum Gasteiger partial charge on any atom is -0.497 e. The number of hydrogen-bond donors (Lipinski definition) is 2. The maximum Gasteiger partial charge on any atom is 0.222 e. The van der Waals surface area contributed by atoms with Crippen LogP contribution in [0.15, 0.2) is 28.7 Å². The number of rotatable bonds is 3. The molecule has 0 spiro atoms. The molecular formula is C12H13BrN4O. The lowest BCUT2D eigenvalue weighted by atomic mass is 10.3. The number of methoxy groups -OCH3 is 1. The SMILES string of the molecule is COc1ccc(Br)c(Nc2cc(C)nc(N)n2)c1. The van der Waals surface area contributed by atoms with Crippen LogP contribution in [-0.4, -0.2) is 17.1 Å². The van der Waals surface area contributed by atoms with Crippen LogP contribution in [0.3, 0.4) is 0 Å². The minimum atomic E-state index is 0.247. The minimum absolute atomic E-state index is 0.247. The summed E-state index contributed by atoms with van der Waals surface area (Å²) in [5.74, 6) is 1.66. The third-order valence-electron chi connectivity index (χ3n) is 2.31. The van der Waals surface area contributed by atoms with Crippen molar-refractivity contribution in [3.63, 3.8) is 0 Å². The maximum atomic E-state index is 5.61. The number of aromatic nitrogens is 2. The molecule has 0 aliphatic heterocycles. The molecule has 0 amide bonds. The maximum absolute atomic E-state index is 5.61. The van der Waals surface area contributed by atoms with Crippen LogP contribution in [0.25, 0.3) is 0 Å². The van der Waals surface area contributed by atoms with E-state index < -0.39 is 0 Å². The first kappa shape index (κ1) is 12.6. The van der Waals surface area contributed by atoms with Gasteiger partial charge < -0.3 is 15.8 Å². The van der Waals surface area contributed by atoms with Crippen LogP contribution in [0.4, 0.5) is 17.5 Å². The number of ether oxygens (including phenoxy) is 1. The van der Waals surface area contributed by atoms with E-state index in [4.69, 9.17) is 10.5 Å². The molecule has 0 saturated heterocycles. The molecule has 5 nitrogen and oxygen atoms in total.